The van der Waals surface area contributed by atoms with Crippen molar-refractivity contribution in [3.63, 3.8) is 0 Å². The van der Waals surface area contributed by atoms with Gasteiger partial charge in [0, 0.05) is 23.0 Å². The monoisotopic (exact) mass is 322 g/mol. The molecule has 3 rings (SSSR count). The molecule has 5 N–H and O–H groups in total. The number of nitrogens with one attached hydrogen (secondary N) is 1. The molecular formula is C19H18N2O3. The summed E-state index contributed by atoms with van der Waals surface area (Å²) in [6.07, 6.45) is 0. The zero-order valence-electron chi connectivity index (χ0n) is 12.9. The van der Waals surface area contributed by atoms with E-state index in [0.29, 0.717) is 5.69 Å². The largest absolute Gasteiger partial charge is 0.508 e. The summed E-state index contributed by atoms with van der Waals surface area (Å²) >= 11 is 0. The van der Waals surface area contributed by atoms with Crippen molar-refractivity contribution in [1.29, 1.82) is 0 Å². The highest BCUT2D eigenvalue weighted by Crippen LogP contribution is 2.21. The number of nitrogens with two attached hydrogens (primary N) is 1. The van der Waals surface area contributed by atoms with Gasteiger partial charge in [0.25, 0.3) is 5.91 Å². The number of rotatable bonds is 2. The van der Waals surface area contributed by atoms with Crippen molar-refractivity contribution in [1.82, 2.24) is 0 Å². The summed E-state index contributed by atoms with van der Waals surface area (Å²) in [5.41, 5.74) is 7.03. The van der Waals surface area contributed by atoms with E-state index in [0.717, 1.165) is 5.69 Å². The van der Waals surface area contributed by atoms with E-state index in [9.17, 15) is 15.0 Å². The van der Waals surface area contributed by atoms with Gasteiger partial charge >= 0.3 is 0 Å². The van der Waals surface area contributed by atoms with Crippen LogP contribution in [0.2, 0.25) is 0 Å². The number of amides is 1. The fourth-order valence-corrected chi connectivity index (χ4v) is 1.90. The molecular weight excluding hydrogens is 304 g/mol. The van der Waals surface area contributed by atoms with Gasteiger partial charge in [-0.05, 0) is 36.4 Å². The molecule has 0 unspecified atom stereocenters. The third-order valence-electron chi connectivity index (χ3n) is 3.00. The second-order valence-corrected chi connectivity index (χ2v) is 4.97. The van der Waals surface area contributed by atoms with Crippen LogP contribution in [0.15, 0.2) is 78.9 Å². The van der Waals surface area contributed by atoms with E-state index in [4.69, 9.17) is 5.73 Å². The maximum Gasteiger partial charge on any atom is 0.255 e. The van der Waals surface area contributed by atoms with Crippen molar-refractivity contribution in [2.75, 3.05) is 11.1 Å². The number of hydrogen-bond donors (Lipinski definition) is 4. The summed E-state index contributed by atoms with van der Waals surface area (Å²) in [4.78, 5) is 11.8. The predicted molar refractivity (Wildman–Crippen MR) is 95.0 cm³/mol. The lowest BCUT2D eigenvalue weighted by molar-refractivity contribution is 0.102. The molecule has 1 amide bonds. The molecule has 0 atom stereocenters. The number of aromatic hydroxyl groups is 2. The third-order valence-corrected chi connectivity index (χ3v) is 3.00. The number of carbonyl (C=O) groups is 1. The Kier molecular flexibility index (Phi) is 5.80. The number of phenolic OH excluding ortho intramolecular Hbond substituents is 2. The highest BCUT2D eigenvalue weighted by Gasteiger charge is 2.08. The molecule has 0 bridgehead atoms. The summed E-state index contributed by atoms with van der Waals surface area (Å²) in [5, 5.41) is 21.2. The minimum Gasteiger partial charge on any atom is -0.508 e. The smallest absolute Gasteiger partial charge is 0.255 e. The van der Waals surface area contributed by atoms with E-state index < -0.39 is 0 Å². The molecule has 3 aromatic carbocycles. The lowest BCUT2D eigenvalue weighted by Gasteiger charge is -2.05. The lowest BCUT2D eigenvalue weighted by Crippen LogP contribution is -2.11. The Morgan fingerprint density at radius 1 is 0.792 bits per heavy atom. The number of anilines is 2. The molecule has 0 fully saturated rings. The maximum atomic E-state index is 11.8. The second kappa shape index (κ2) is 8.24. The molecule has 5 heteroatoms. The van der Waals surface area contributed by atoms with Crippen LogP contribution in [0.3, 0.4) is 0 Å². The number of benzene rings is 3. The zero-order valence-corrected chi connectivity index (χ0v) is 12.9. The normalized spacial score (nSPS) is 9.50. The zero-order chi connectivity index (χ0) is 17.4. The van der Waals surface area contributed by atoms with Crippen LogP contribution < -0.4 is 11.1 Å². The fraction of sp³-hybridized carbons (Fsp3) is 0. The van der Waals surface area contributed by atoms with Gasteiger partial charge < -0.3 is 21.3 Å². The van der Waals surface area contributed by atoms with Crippen LogP contribution in [0.5, 0.6) is 11.5 Å². The molecule has 0 aliphatic rings. The van der Waals surface area contributed by atoms with E-state index in [1.807, 2.05) is 36.4 Å². The van der Waals surface area contributed by atoms with Crippen molar-refractivity contribution < 1.29 is 15.0 Å². The Labute approximate surface area is 140 Å². The highest BCUT2D eigenvalue weighted by molar-refractivity contribution is 6.04. The molecule has 0 aliphatic carbocycles. The quantitative estimate of drug-likeness (QED) is 0.542. The Morgan fingerprint density at radius 2 is 1.29 bits per heavy atom. The topological polar surface area (TPSA) is 95.6 Å². The molecule has 3 aromatic rings. The maximum absolute atomic E-state index is 11.8. The average Bonchev–Trinajstić information content (AvgIpc) is 2.56. The number of carbonyl (C=O) groups excluding carboxylic acids is 1. The van der Waals surface area contributed by atoms with Crippen molar-refractivity contribution in [2.45, 2.75) is 0 Å². The van der Waals surface area contributed by atoms with Crippen molar-refractivity contribution in [3.05, 3.63) is 84.4 Å². The second-order valence-electron chi connectivity index (χ2n) is 4.97. The third kappa shape index (κ3) is 5.38. The van der Waals surface area contributed by atoms with Gasteiger partial charge in [0.2, 0.25) is 0 Å². The standard InChI is InChI=1S/C13H11NO3.C6H7N/c15-11-6-9(7-12(16)8-11)13(17)14-10-4-2-1-3-5-10;7-6-4-2-1-3-5-6/h1-8,15-16H,(H,14,17);1-5H,7H2. The van der Waals surface area contributed by atoms with Gasteiger partial charge in [-0.25, -0.2) is 0 Å². The summed E-state index contributed by atoms with van der Waals surface area (Å²) in [7, 11) is 0. The van der Waals surface area contributed by atoms with Gasteiger partial charge in [-0.2, -0.15) is 0 Å². The first kappa shape index (κ1) is 16.9. The van der Waals surface area contributed by atoms with Crippen molar-refractivity contribution in [3.8, 4) is 11.5 Å². The van der Waals surface area contributed by atoms with Crippen LogP contribution in [0.4, 0.5) is 11.4 Å². The molecule has 0 aliphatic heterocycles. The van der Waals surface area contributed by atoms with Crippen LogP contribution in [0.1, 0.15) is 10.4 Å². The first-order valence-electron chi connectivity index (χ1n) is 7.24. The summed E-state index contributed by atoms with van der Waals surface area (Å²) < 4.78 is 0. The predicted octanol–water partition coefficient (Wildman–Crippen LogP) is 3.62. The summed E-state index contributed by atoms with van der Waals surface area (Å²) in [6, 6.07) is 22.2. The molecule has 122 valence electrons. The van der Waals surface area contributed by atoms with Crippen LogP contribution in [-0.2, 0) is 0 Å². The number of phenols is 2. The van der Waals surface area contributed by atoms with Crippen LogP contribution in [0, 0.1) is 0 Å². The Balaban J connectivity index is 0.000000249. The molecule has 0 radical (unpaired) electrons. The van der Waals surface area contributed by atoms with E-state index in [1.54, 1.807) is 24.3 Å². The van der Waals surface area contributed by atoms with Gasteiger partial charge in [-0.15, -0.1) is 0 Å². The molecule has 0 saturated heterocycles. The molecule has 24 heavy (non-hydrogen) atoms. The van der Waals surface area contributed by atoms with Gasteiger partial charge in [0.15, 0.2) is 0 Å². The van der Waals surface area contributed by atoms with Crippen molar-refractivity contribution >= 4 is 17.3 Å². The van der Waals surface area contributed by atoms with E-state index in [2.05, 4.69) is 5.32 Å². The SMILES string of the molecule is Nc1ccccc1.O=C(Nc1ccccc1)c1cc(O)cc(O)c1. The van der Waals surface area contributed by atoms with Crippen LogP contribution >= 0.6 is 0 Å². The first-order chi connectivity index (χ1) is 11.5. The van der Waals surface area contributed by atoms with Crippen LogP contribution in [0.25, 0.3) is 0 Å². The van der Waals surface area contributed by atoms with Gasteiger partial charge in [-0.1, -0.05) is 36.4 Å². The highest BCUT2D eigenvalue weighted by atomic mass is 16.3. The number of nitrogen functional groups attached to an aromatic ring is 1. The molecule has 0 heterocycles. The Bertz CT molecular complexity index is 770. The van der Waals surface area contributed by atoms with Crippen molar-refractivity contribution in [2.24, 2.45) is 0 Å². The Morgan fingerprint density at radius 3 is 1.75 bits per heavy atom. The Hall–Kier alpha value is -3.47. The first-order valence-corrected chi connectivity index (χ1v) is 7.24. The molecule has 0 saturated carbocycles. The van der Waals surface area contributed by atoms with E-state index >= 15 is 0 Å². The fourth-order valence-electron chi connectivity index (χ4n) is 1.90. The molecule has 0 aromatic heterocycles. The lowest BCUT2D eigenvalue weighted by atomic mass is 10.2. The minimum absolute atomic E-state index is 0.150. The van der Waals surface area contributed by atoms with Gasteiger partial charge in [0.1, 0.15) is 11.5 Å². The number of hydrogen-bond acceptors (Lipinski definition) is 4. The minimum atomic E-state index is -0.387. The average molecular weight is 322 g/mol. The van der Waals surface area contributed by atoms with E-state index in [1.165, 1.54) is 18.2 Å². The number of para-hydroxylation sites is 2. The van der Waals surface area contributed by atoms with E-state index in [-0.39, 0.29) is 23.0 Å². The van der Waals surface area contributed by atoms with Gasteiger partial charge in [0.05, 0.1) is 0 Å². The molecule has 0 spiro atoms. The summed E-state index contributed by atoms with van der Waals surface area (Å²) in [5.74, 6) is -0.686. The molecule has 5 nitrogen and oxygen atoms in total. The summed E-state index contributed by atoms with van der Waals surface area (Å²) in [6.45, 7) is 0. The van der Waals surface area contributed by atoms with Crippen LogP contribution in [-0.4, -0.2) is 16.1 Å². The van der Waals surface area contributed by atoms with Gasteiger partial charge in [-0.3, -0.25) is 4.79 Å².